The van der Waals surface area contributed by atoms with Gasteiger partial charge < -0.3 is 29.2 Å². The van der Waals surface area contributed by atoms with Crippen LogP contribution < -0.4 is 18.9 Å². The van der Waals surface area contributed by atoms with E-state index in [1.54, 1.807) is 0 Å². The maximum absolute atomic E-state index is 14.6. The minimum absolute atomic E-state index is 0.0556. The number of hydrogen-bond acceptors (Lipinski definition) is 8. The van der Waals surface area contributed by atoms with Crippen LogP contribution in [0.1, 0.15) is 259 Å². The van der Waals surface area contributed by atoms with Crippen molar-refractivity contribution in [3.8, 4) is 34.5 Å². The first kappa shape index (κ1) is 58.3. The van der Waals surface area contributed by atoms with Gasteiger partial charge in [-0.1, -0.05) is 233 Å². The topological polar surface area (TPSA) is 112 Å². The van der Waals surface area contributed by atoms with Crippen LogP contribution in [0, 0.1) is 0 Å². The molecule has 2 aromatic carbocycles. The molecule has 0 saturated carbocycles. The van der Waals surface area contributed by atoms with E-state index in [-0.39, 0.29) is 44.3 Å². The Bertz CT molecular complexity index is 1350. The molecule has 0 atom stereocenters. The van der Waals surface area contributed by atoms with E-state index in [2.05, 4.69) is 27.7 Å². The Labute approximate surface area is 399 Å². The van der Waals surface area contributed by atoms with Crippen molar-refractivity contribution >= 4 is 9.84 Å². The van der Waals surface area contributed by atoms with E-state index in [0.29, 0.717) is 26.4 Å². The van der Waals surface area contributed by atoms with E-state index in [1.807, 2.05) is 0 Å². The summed E-state index contributed by atoms with van der Waals surface area (Å²) in [6.07, 6.45) is 42.0. The summed E-state index contributed by atoms with van der Waals surface area (Å²) in [7, 11) is -4.21. The summed E-state index contributed by atoms with van der Waals surface area (Å²) in [5.74, 6) is 0.00336. The molecular weight excluding hydrogens is 833 g/mol. The number of phenols is 2. The monoisotopic (exact) mass is 931 g/mol. The summed E-state index contributed by atoms with van der Waals surface area (Å²) in [5, 5.41) is 22.8. The minimum Gasteiger partial charge on any atom is -0.502 e. The first-order valence-corrected chi connectivity index (χ1v) is 28.8. The number of phenolic OH excluding ortho intramolecular Hbond substituents is 2. The first-order valence-electron chi connectivity index (χ1n) is 27.3. The number of rotatable bonds is 46. The largest absolute Gasteiger partial charge is 0.502 e. The van der Waals surface area contributed by atoms with E-state index in [1.165, 1.54) is 178 Å². The SMILES string of the molecule is CCCCCCCCCCCOc1cc(S(=O)(=O)c2cc(OCCCCCCCCCCC)c(O)c(OCCCCCCCCCCC)c2)cc(OCCCCCCCCCCC)c1O. The molecule has 0 heterocycles. The van der Waals surface area contributed by atoms with Gasteiger partial charge in [0.15, 0.2) is 23.0 Å². The van der Waals surface area contributed by atoms with Crippen LogP contribution in [0.15, 0.2) is 34.1 Å². The summed E-state index contributed by atoms with van der Waals surface area (Å²) in [4.78, 5) is -0.111. The molecule has 0 saturated heterocycles. The third-order valence-corrected chi connectivity index (χ3v) is 14.4. The Hall–Kier alpha value is -2.81. The lowest BCUT2D eigenvalue weighted by atomic mass is 10.1. The van der Waals surface area contributed by atoms with Crippen molar-refractivity contribution in [2.24, 2.45) is 0 Å². The lowest BCUT2D eigenvalue weighted by Crippen LogP contribution is -2.08. The Morgan fingerprint density at radius 3 is 0.662 bits per heavy atom. The first-order chi connectivity index (χ1) is 31.8. The standard InChI is InChI=1S/C56H98O8S/c1-5-9-13-17-21-25-29-33-37-41-61-51-45-49(46-52(55(51)57)62-42-38-34-30-26-22-18-14-10-6-2)65(59,60)50-47-53(63-43-39-35-31-27-23-19-15-11-7-3)56(58)54(48-50)64-44-40-36-32-28-24-20-16-12-8-4/h45-48,57-58H,5-44H2,1-4H3. The average Bonchev–Trinajstić information content (AvgIpc) is 3.30. The zero-order valence-corrected chi connectivity index (χ0v) is 43.2. The van der Waals surface area contributed by atoms with Crippen LogP contribution in [-0.4, -0.2) is 45.1 Å². The van der Waals surface area contributed by atoms with Crippen LogP contribution in [0.5, 0.6) is 34.5 Å². The molecule has 0 fully saturated rings. The second-order valence-corrected chi connectivity index (χ2v) is 20.7. The lowest BCUT2D eigenvalue weighted by Gasteiger charge is -2.17. The van der Waals surface area contributed by atoms with E-state index in [0.717, 1.165) is 77.0 Å². The van der Waals surface area contributed by atoms with Gasteiger partial charge in [-0.05, 0) is 25.7 Å². The highest BCUT2D eigenvalue weighted by molar-refractivity contribution is 7.91. The number of ether oxygens (including phenoxy) is 4. The second kappa shape index (κ2) is 39.2. The van der Waals surface area contributed by atoms with Crippen LogP contribution in [-0.2, 0) is 9.84 Å². The average molecular weight is 931 g/mol. The molecule has 2 N–H and O–H groups in total. The molecule has 0 unspecified atom stereocenters. The molecule has 9 heteroatoms. The van der Waals surface area contributed by atoms with Crippen molar-refractivity contribution in [1.29, 1.82) is 0 Å². The maximum atomic E-state index is 14.6. The fourth-order valence-corrected chi connectivity index (χ4v) is 9.70. The molecule has 0 aliphatic heterocycles. The van der Waals surface area contributed by atoms with E-state index >= 15 is 0 Å². The van der Waals surface area contributed by atoms with Gasteiger partial charge in [0.05, 0.1) is 36.2 Å². The number of benzene rings is 2. The number of hydrogen-bond donors (Lipinski definition) is 2. The minimum atomic E-state index is -4.21. The highest BCUT2D eigenvalue weighted by Crippen LogP contribution is 2.44. The van der Waals surface area contributed by atoms with Gasteiger partial charge in [0.2, 0.25) is 21.3 Å². The van der Waals surface area contributed by atoms with Gasteiger partial charge in [-0.15, -0.1) is 0 Å². The molecule has 0 bridgehead atoms. The zero-order valence-electron chi connectivity index (χ0n) is 42.3. The quantitative estimate of drug-likeness (QED) is 0.0632. The highest BCUT2D eigenvalue weighted by atomic mass is 32.2. The number of aromatic hydroxyl groups is 2. The predicted octanol–water partition coefficient (Wildman–Crippen LogP) is 17.6. The fourth-order valence-electron chi connectivity index (χ4n) is 8.38. The third kappa shape index (κ3) is 26.9. The van der Waals surface area contributed by atoms with Crippen molar-refractivity contribution in [3.63, 3.8) is 0 Å². The van der Waals surface area contributed by atoms with Crippen molar-refractivity contribution in [2.45, 2.75) is 269 Å². The van der Waals surface area contributed by atoms with Gasteiger partial charge in [0, 0.05) is 24.3 Å². The van der Waals surface area contributed by atoms with Crippen LogP contribution in [0.25, 0.3) is 0 Å². The van der Waals surface area contributed by atoms with Crippen molar-refractivity contribution in [3.05, 3.63) is 24.3 Å². The summed E-state index contributed by atoms with van der Waals surface area (Å²) in [6.45, 7) is 10.4. The summed E-state index contributed by atoms with van der Waals surface area (Å²) in [5.41, 5.74) is 0. The molecular formula is C56H98O8S. The van der Waals surface area contributed by atoms with Crippen molar-refractivity contribution < 1.29 is 37.6 Å². The van der Waals surface area contributed by atoms with Crippen LogP contribution in [0.3, 0.4) is 0 Å². The van der Waals surface area contributed by atoms with Crippen LogP contribution in [0.4, 0.5) is 0 Å². The molecule has 0 aliphatic carbocycles. The molecule has 2 rings (SSSR count). The predicted molar refractivity (Wildman–Crippen MR) is 273 cm³/mol. The van der Waals surface area contributed by atoms with Crippen molar-refractivity contribution in [1.82, 2.24) is 0 Å². The molecule has 0 amide bonds. The summed E-state index contributed by atoms with van der Waals surface area (Å²) < 4.78 is 53.8. The number of unbranched alkanes of at least 4 members (excludes halogenated alkanes) is 32. The van der Waals surface area contributed by atoms with E-state index < -0.39 is 9.84 Å². The van der Waals surface area contributed by atoms with Crippen LogP contribution in [0.2, 0.25) is 0 Å². The normalized spacial score (nSPS) is 11.6. The molecule has 8 nitrogen and oxygen atoms in total. The molecule has 65 heavy (non-hydrogen) atoms. The smallest absolute Gasteiger partial charge is 0.207 e. The highest BCUT2D eigenvalue weighted by Gasteiger charge is 2.27. The Morgan fingerprint density at radius 2 is 0.477 bits per heavy atom. The lowest BCUT2D eigenvalue weighted by molar-refractivity contribution is 0.262. The molecule has 0 radical (unpaired) electrons. The molecule has 376 valence electrons. The van der Waals surface area contributed by atoms with Gasteiger partial charge in [-0.25, -0.2) is 8.42 Å². The van der Waals surface area contributed by atoms with Gasteiger partial charge in [-0.2, -0.15) is 0 Å². The summed E-state index contributed by atoms with van der Waals surface area (Å²) in [6, 6.07) is 5.62. The molecule has 0 spiro atoms. The van der Waals surface area contributed by atoms with Gasteiger partial charge in [-0.3, -0.25) is 0 Å². The Morgan fingerprint density at radius 1 is 0.308 bits per heavy atom. The van der Waals surface area contributed by atoms with Gasteiger partial charge in [0.25, 0.3) is 0 Å². The third-order valence-electron chi connectivity index (χ3n) is 12.7. The van der Waals surface area contributed by atoms with Crippen LogP contribution >= 0.6 is 0 Å². The molecule has 2 aromatic rings. The maximum Gasteiger partial charge on any atom is 0.207 e. The van der Waals surface area contributed by atoms with E-state index in [9.17, 15) is 18.6 Å². The Balaban J connectivity index is 2.25. The summed E-state index contributed by atoms with van der Waals surface area (Å²) >= 11 is 0. The molecule has 0 aliphatic rings. The fraction of sp³-hybridized carbons (Fsp3) is 0.786. The van der Waals surface area contributed by atoms with Crippen molar-refractivity contribution in [2.75, 3.05) is 26.4 Å². The second-order valence-electron chi connectivity index (χ2n) is 18.7. The van der Waals surface area contributed by atoms with Gasteiger partial charge in [0.1, 0.15) is 0 Å². The zero-order chi connectivity index (χ0) is 47.1. The number of sulfone groups is 1. The van der Waals surface area contributed by atoms with E-state index in [4.69, 9.17) is 18.9 Å². The molecule has 0 aromatic heterocycles. The Kier molecular flexibility index (Phi) is 35.2. The van der Waals surface area contributed by atoms with Gasteiger partial charge >= 0.3 is 0 Å².